The zero-order chi connectivity index (χ0) is 6.69. The molecule has 1 aromatic heterocycles. The summed E-state index contributed by atoms with van der Waals surface area (Å²) in [5.41, 5.74) is 0.785. The Hall–Kier alpha value is -0.570. The van der Waals surface area contributed by atoms with Crippen LogP contribution in [-0.4, -0.2) is 9.97 Å². The summed E-state index contributed by atoms with van der Waals surface area (Å²) in [7, 11) is 0. The Bertz CT molecular complexity index is 183. The summed E-state index contributed by atoms with van der Waals surface area (Å²) in [5, 5.41) is 0.618. The van der Waals surface area contributed by atoms with Gasteiger partial charge in [0.2, 0.25) is 0 Å². The Balaban J connectivity index is 2.88. The fraction of sp³-hybridized carbons (Fsp3) is 0.167. The number of hydrogen-bond donors (Lipinski definition) is 1. The van der Waals surface area contributed by atoms with E-state index in [0.717, 1.165) is 5.69 Å². The second kappa shape index (κ2) is 2.82. The molecule has 2 radical (unpaired) electrons. The molecule has 0 aliphatic carbocycles. The lowest BCUT2D eigenvalue weighted by molar-refractivity contribution is 0.982. The zero-order valence-electron chi connectivity index (χ0n) is 4.78. The van der Waals surface area contributed by atoms with E-state index in [0.29, 0.717) is 11.4 Å². The lowest BCUT2D eigenvalue weighted by Gasteiger charge is -1.91. The maximum atomic E-state index is 5.27. The third kappa shape index (κ3) is 1.68. The van der Waals surface area contributed by atoms with Crippen molar-refractivity contribution in [3.8, 4) is 0 Å². The number of thiol groups is 1. The minimum Gasteiger partial charge on any atom is -0.257 e. The number of aromatic nitrogens is 2. The van der Waals surface area contributed by atoms with Crippen LogP contribution in [0.3, 0.4) is 0 Å². The van der Waals surface area contributed by atoms with E-state index in [1.165, 1.54) is 0 Å². The third-order valence-corrected chi connectivity index (χ3v) is 1.13. The molecule has 0 saturated heterocycles. The summed E-state index contributed by atoms with van der Waals surface area (Å²) >= 11 is 3.96. The second-order valence-corrected chi connectivity index (χ2v) is 2.03. The number of hydrogen-bond acceptors (Lipinski definition) is 3. The molecule has 0 aliphatic rings. The molecule has 9 heavy (non-hydrogen) atoms. The molecule has 3 heteroatoms. The first-order chi connectivity index (χ1) is 4.33. The minimum absolute atomic E-state index is 0.432. The Morgan fingerprint density at radius 3 is 2.67 bits per heavy atom. The first kappa shape index (κ1) is 6.55. The molecule has 2 nitrogen and oxygen atoms in total. The van der Waals surface area contributed by atoms with Crippen LogP contribution >= 0.6 is 12.6 Å². The summed E-state index contributed by atoms with van der Waals surface area (Å²) in [6.45, 7) is 5.27. The van der Waals surface area contributed by atoms with Crippen LogP contribution in [0, 0.1) is 6.92 Å². The van der Waals surface area contributed by atoms with Gasteiger partial charge in [0.15, 0.2) is 0 Å². The van der Waals surface area contributed by atoms with E-state index in [1.807, 2.05) is 0 Å². The predicted molar refractivity (Wildman–Crippen MR) is 37.3 cm³/mol. The van der Waals surface area contributed by atoms with Crippen molar-refractivity contribution >= 4 is 12.6 Å². The molecule has 0 fully saturated rings. The molecule has 0 aliphatic heterocycles. The van der Waals surface area contributed by atoms with Gasteiger partial charge in [0, 0.05) is 6.20 Å². The lowest BCUT2D eigenvalue weighted by atomic mass is 10.4. The monoisotopic (exact) mass is 138 g/mol. The standard InChI is InChI=1S/C6H6N2S/c1-2-5-3-8-6(9)4-7-5/h1,3-4H,2H2,(H,8,9). The summed E-state index contributed by atoms with van der Waals surface area (Å²) in [6, 6.07) is 0. The van der Waals surface area contributed by atoms with Crippen LogP contribution in [0.5, 0.6) is 0 Å². The summed E-state index contributed by atoms with van der Waals surface area (Å²) < 4.78 is 0. The molecule has 1 rings (SSSR count). The van der Waals surface area contributed by atoms with E-state index in [4.69, 9.17) is 6.92 Å². The van der Waals surface area contributed by atoms with Gasteiger partial charge in [-0.2, -0.15) is 0 Å². The molecule has 0 amide bonds. The van der Waals surface area contributed by atoms with E-state index >= 15 is 0 Å². The summed E-state index contributed by atoms with van der Waals surface area (Å²) in [5.74, 6) is 0. The van der Waals surface area contributed by atoms with Crippen molar-refractivity contribution in [1.29, 1.82) is 0 Å². The molecule has 0 bridgehead atoms. The van der Waals surface area contributed by atoms with Crippen molar-refractivity contribution in [3.63, 3.8) is 0 Å². The van der Waals surface area contributed by atoms with Crippen LogP contribution in [0.25, 0.3) is 0 Å². The first-order valence-electron chi connectivity index (χ1n) is 2.53. The molecule has 1 heterocycles. The fourth-order valence-corrected chi connectivity index (χ4v) is 0.569. The smallest absolute Gasteiger partial charge is 0.111 e. The van der Waals surface area contributed by atoms with Crippen LogP contribution in [0.2, 0.25) is 0 Å². The second-order valence-electron chi connectivity index (χ2n) is 1.57. The van der Waals surface area contributed by atoms with Crippen LogP contribution < -0.4 is 0 Å². The van der Waals surface area contributed by atoms with Crippen molar-refractivity contribution in [3.05, 3.63) is 25.0 Å². The molecule has 46 valence electrons. The SMILES string of the molecule is [CH]Cc1cnc(S)cn1. The Kier molecular flexibility index (Phi) is 2.05. The topological polar surface area (TPSA) is 25.8 Å². The zero-order valence-corrected chi connectivity index (χ0v) is 5.68. The maximum absolute atomic E-state index is 5.27. The average Bonchev–Trinajstić information content (AvgIpc) is 1.90. The highest BCUT2D eigenvalue weighted by Crippen LogP contribution is 1.98. The van der Waals surface area contributed by atoms with Gasteiger partial charge < -0.3 is 0 Å². The number of nitrogens with zero attached hydrogens (tertiary/aromatic N) is 2. The third-order valence-electron chi connectivity index (χ3n) is 0.901. The lowest BCUT2D eigenvalue weighted by Crippen LogP contribution is -1.87. The number of rotatable bonds is 1. The van der Waals surface area contributed by atoms with Crippen molar-refractivity contribution in [2.75, 3.05) is 0 Å². The van der Waals surface area contributed by atoms with Gasteiger partial charge in [-0.3, -0.25) is 4.98 Å². The summed E-state index contributed by atoms with van der Waals surface area (Å²) in [6.07, 6.45) is 3.62. The average molecular weight is 138 g/mol. The van der Waals surface area contributed by atoms with Crippen LogP contribution in [0.1, 0.15) is 5.69 Å². The molecule has 0 unspecified atom stereocenters. The first-order valence-corrected chi connectivity index (χ1v) is 2.97. The van der Waals surface area contributed by atoms with Crippen LogP contribution in [0.15, 0.2) is 17.4 Å². The molecule has 0 atom stereocenters. The van der Waals surface area contributed by atoms with E-state index < -0.39 is 0 Å². The van der Waals surface area contributed by atoms with Crippen LogP contribution in [-0.2, 0) is 6.42 Å². The van der Waals surface area contributed by atoms with Crippen molar-refractivity contribution in [1.82, 2.24) is 9.97 Å². The Morgan fingerprint density at radius 2 is 2.22 bits per heavy atom. The Morgan fingerprint density at radius 1 is 1.44 bits per heavy atom. The molecular weight excluding hydrogens is 132 g/mol. The maximum Gasteiger partial charge on any atom is 0.111 e. The van der Waals surface area contributed by atoms with Gasteiger partial charge in [-0.1, -0.05) is 0 Å². The van der Waals surface area contributed by atoms with E-state index in [9.17, 15) is 0 Å². The van der Waals surface area contributed by atoms with Gasteiger partial charge in [-0.25, -0.2) is 4.98 Å². The van der Waals surface area contributed by atoms with Crippen molar-refractivity contribution in [2.24, 2.45) is 0 Å². The van der Waals surface area contributed by atoms with Crippen molar-refractivity contribution in [2.45, 2.75) is 11.4 Å². The Labute approximate surface area is 59.8 Å². The van der Waals surface area contributed by atoms with Gasteiger partial charge in [0.05, 0.1) is 11.9 Å². The van der Waals surface area contributed by atoms with E-state index in [1.54, 1.807) is 12.4 Å². The van der Waals surface area contributed by atoms with E-state index in [2.05, 4.69) is 22.6 Å². The highest BCUT2D eigenvalue weighted by Gasteiger charge is 1.88. The highest BCUT2D eigenvalue weighted by molar-refractivity contribution is 7.80. The van der Waals surface area contributed by atoms with Crippen LogP contribution in [0.4, 0.5) is 0 Å². The molecule has 0 saturated carbocycles. The van der Waals surface area contributed by atoms with Gasteiger partial charge in [0.25, 0.3) is 0 Å². The van der Waals surface area contributed by atoms with Crippen molar-refractivity contribution < 1.29 is 0 Å². The molecule has 1 aromatic rings. The van der Waals surface area contributed by atoms with Gasteiger partial charge in [-0.15, -0.1) is 12.6 Å². The van der Waals surface area contributed by atoms with Gasteiger partial charge in [0.1, 0.15) is 5.03 Å². The minimum atomic E-state index is 0.432. The fourth-order valence-electron chi connectivity index (χ4n) is 0.453. The van der Waals surface area contributed by atoms with Gasteiger partial charge >= 0.3 is 0 Å². The molecule has 0 aromatic carbocycles. The summed E-state index contributed by atoms with van der Waals surface area (Å²) in [4.78, 5) is 7.80. The van der Waals surface area contributed by atoms with Gasteiger partial charge in [-0.05, 0) is 13.3 Å². The molecule has 0 N–H and O–H groups in total. The highest BCUT2D eigenvalue weighted by atomic mass is 32.1. The quantitative estimate of drug-likeness (QED) is 0.586. The normalized spacial score (nSPS) is 9.56. The predicted octanol–water partition coefficient (Wildman–Crippen LogP) is 1.02. The molecular formula is C6H6N2S. The largest absolute Gasteiger partial charge is 0.257 e. The van der Waals surface area contributed by atoms with E-state index in [-0.39, 0.29) is 0 Å². The molecule has 0 spiro atoms.